The van der Waals surface area contributed by atoms with Crippen LogP contribution in [0.1, 0.15) is 24.8 Å². The van der Waals surface area contributed by atoms with E-state index in [0.717, 1.165) is 29.9 Å². The van der Waals surface area contributed by atoms with Crippen molar-refractivity contribution in [1.82, 2.24) is 4.90 Å². The highest BCUT2D eigenvalue weighted by Gasteiger charge is 2.41. The fraction of sp³-hybridized carbons (Fsp3) is 0.400. The highest BCUT2D eigenvalue weighted by Crippen LogP contribution is 2.39. The maximum Gasteiger partial charge on any atom is 0.121 e. The number of hydrogen-bond donors (Lipinski definition) is 0. The minimum absolute atomic E-state index is 0.274. The fourth-order valence-electron chi connectivity index (χ4n) is 4.05. The van der Waals surface area contributed by atoms with Gasteiger partial charge in [-0.05, 0) is 48.9 Å². The first-order chi connectivity index (χ1) is 11.3. The highest BCUT2D eigenvalue weighted by atomic mass is 35.5. The lowest BCUT2D eigenvalue weighted by molar-refractivity contribution is 0.0340. The van der Waals surface area contributed by atoms with Crippen LogP contribution in [0, 0.1) is 5.92 Å². The maximum absolute atomic E-state index is 6.31. The predicted molar refractivity (Wildman–Crippen MR) is 93.8 cm³/mol. The Morgan fingerprint density at radius 1 is 1.04 bits per heavy atom. The van der Waals surface area contributed by atoms with Crippen LogP contribution in [0.2, 0.25) is 5.02 Å². The van der Waals surface area contributed by atoms with Crippen molar-refractivity contribution in [2.75, 3.05) is 6.54 Å². The second kappa shape index (κ2) is 6.54. The molecule has 0 unspecified atom stereocenters. The zero-order valence-electron chi connectivity index (χ0n) is 13.2. The molecule has 1 heterocycles. The van der Waals surface area contributed by atoms with Crippen LogP contribution in [0.3, 0.4) is 0 Å². The van der Waals surface area contributed by atoms with Crippen molar-refractivity contribution in [1.29, 1.82) is 0 Å². The van der Waals surface area contributed by atoms with Crippen LogP contribution in [0.15, 0.2) is 54.6 Å². The molecule has 2 fully saturated rings. The van der Waals surface area contributed by atoms with E-state index < -0.39 is 0 Å². The largest absolute Gasteiger partial charge is 0.489 e. The second-order valence-corrected chi connectivity index (χ2v) is 7.19. The van der Waals surface area contributed by atoms with Gasteiger partial charge in [-0.2, -0.15) is 0 Å². The molecule has 0 N–H and O–H groups in total. The summed E-state index contributed by atoms with van der Waals surface area (Å²) in [4.78, 5) is 2.61. The number of rotatable bonds is 4. The Bertz CT molecular complexity index is 660. The van der Waals surface area contributed by atoms with E-state index in [9.17, 15) is 0 Å². The third-order valence-electron chi connectivity index (χ3n) is 5.21. The second-order valence-electron chi connectivity index (χ2n) is 6.76. The number of likely N-dealkylation sites (tertiary alicyclic amines) is 1. The molecule has 0 radical (unpaired) electrons. The van der Waals surface area contributed by atoms with Crippen LogP contribution in [-0.2, 0) is 6.54 Å². The fourth-order valence-corrected chi connectivity index (χ4v) is 4.23. The summed E-state index contributed by atoms with van der Waals surface area (Å²) in [6.45, 7) is 2.03. The van der Waals surface area contributed by atoms with E-state index in [0.29, 0.717) is 5.92 Å². The number of ether oxygens (including phenoxy) is 1. The molecule has 1 saturated heterocycles. The zero-order valence-corrected chi connectivity index (χ0v) is 14.0. The lowest BCUT2D eigenvalue weighted by Crippen LogP contribution is -2.47. The van der Waals surface area contributed by atoms with Gasteiger partial charge < -0.3 is 4.74 Å². The molecular weight excluding hydrogens is 306 g/mol. The van der Waals surface area contributed by atoms with Crippen molar-refractivity contribution in [3.63, 3.8) is 0 Å². The standard InChI is InChI=1S/C20H22ClNO/c21-17-7-4-8-19(12-17)23-20-14-22(18-10-9-16(20)11-18)13-15-5-2-1-3-6-15/h1-8,12,16,18,20H,9-11,13-14H2/t16-,18+,20-/m0/s1. The number of hydrogen-bond acceptors (Lipinski definition) is 2. The lowest BCUT2D eigenvalue weighted by atomic mass is 9.95. The van der Waals surface area contributed by atoms with E-state index in [2.05, 4.69) is 35.2 Å². The zero-order chi connectivity index (χ0) is 15.6. The van der Waals surface area contributed by atoms with Crippen molar-refractivity contribution in [2.45, 2.75) is 38.0 Å². The first kappa shape index (κ1) is 15.0. The molecule has 2 aromatic carbocycles. The van der Waals surface area contributed by atoms with E-state index in [1.165, 1.54) is 24.8 Å². The predicted octanol–water partition coefficient (Wildman–Crippen LogP) is 4.77. The van der Waals surface area contributed by atoms with E-state index in [1.54, 1.807) is 0 Å². The van der Waals surface area contributed by atoms with Gasteiger partial charge >= 0.3 is 0 Å². The van der Waals surface area contributed by atoms with Crippen LogP contribution in [0.25, 0.3) is 0 Å². The first-order valence-corrected chi connectivity index (χ1v) is 8.86. The number of fused-ring (bicyclic) bond motifs is 2. The van der Waals surface area contributed by atoms with Crippen molar-refractivity contribution >= 4 is 11.6 Å². The van der Waals surface area contributed by atoms with Gasteiger partial charge in [0.2, 0.25) is 0 Å². The van der Waals surface area contributed by atoms with Gasteiger partial charge in [0.05, 0.1) is 0 Å². The summed E-state index contributed by atoms with van der Waals surface area (Å²) in [6.07, 6.45) is 4.11. The average molecular weight is 328 g/mol. The van der Waals surface area contributed by atoms with Gasteiger partial charge in [0.15, 0.2) is 0 Å². The summed E-state index contributed by atoms with van der Waals surface area (Å²) in [7, 11) is 0. The molecule has 2 aliphatic rings. The molecule has 1 aliphatic carbocycles. The maximum atomic E-state index is 6.31. The molecular formula is C20H22ClNO. The molecule has 2 aromatic rings. The summed E-state index contributed by atoms with van der Waals surface area (Å²) in [5, 5.41) is 0.740. The van der Waals surface area contributed by atoms with Gasteiger partial charge in [-0.1, -0.05) is 48.0 Å². The third kappa shape index (κ3) is 3.39. The van der Waals surface area contributed by atoms with Crippen LogP contribution in [0.4, 0.5) is 0 Å². The van der Waals surface area contributed by atoms with Crippen LogP contribution in [-0.4, -0.2) is 23.6 Å². The highest BCUT2D eigenvalue weighted by molar-refractivity contribution is 6.30. The summed E-state index contributed by atoms with van der Waals surface area (Å²) in [6, 6.07) is 19.3. The molecule has 2 nitrogen and oxygen atoms in total. The molecule has 0 amide bonds. The molecule has 0 aromatic heterocycles. The van der Waals surface area contributed by atoms with Crippen LogP contribution < -0.4 is 4.74 Å². The Morgan fingerprint density at radius 3 is 2.74 bits per heavy atom. The average Bonchev–Trinajstić information content (AvgIpc) is 2.99. The molecule has 23 heavy (non-hydrogen) atoms. The molecule has 1 aliphatic heterocycles. The number of benzene rings is 2. The Kier molecular flexibility index (Phi) is 4.28. The van der Waals surface area contributed by atoms with Crippen LogP contribution in [0.5, 0.6) is 5.75 Å². The lowest BCUT2D eigenvalue weighted by Gasteiger charge is -2.38. The number of nitrogens with zero attached hydrogens (tertiary/aromatic N) is 1. The summed E-state index contributed by atoms with van der Waals surface area (Å²) in [5.41, 5.74) is 1.39. The summed E-state index contributed by atoms with van der Waals surface area (Å²) >= 11 is 6.09. The Balaban J connectivity index is 1.48. The van der Waals surface area contributed by atoms with Gasteiger partial charge in [-0.25, -0.2) is 0 Å². The van der Waals surface area contributed by atoms with Gasteiger partial charge in [0.25, 0.3) is 0 Å². The van der Waals surface area contributed by atoms with E-state index >= 15 is 0 Å². The molecule has 3 atom stereocenters. The molecule has 2 bridgehead atoms. The van der Waals surface area contributed by atoms with Gasteiger partial charge in [0.1, 0.15) is 11.9 Å². The quantitative estimate of drug-likeness (QED) is 0.802. The third-order valence-corrected chi connectivity index (χ3v) is 5.45. The van der Waals surface area contributed by atoms with Gasteiger partial charge in [-0.3, -0.25) is 4.90 Å². The summed E-state index contributed by atoms with van der Waals surface area (Å²) in [5.74, 6) is 1.58. The minimum atomic E-state index is 0.274. The molecule has 120 valence electrons. The monoisotopic (exact) mass is 327 g/mol. The number of piperidine rings is 1. The normalized spacial score (nSPS) is 27.1. The molecule has 3 heteroatoms. The van der Waals surface area contributed by atoms with Gasteiger partial charge in [0, 0.05) is 24.2 Å². The van der Waals surface area contributed by atoms with E-state index in [4.69, 9.17) is 16.3 Å². The molecule has 1 saturated carbocycles. The molecule has 0 spiro atoms. The van der Waals surface area contributed by atoms with Crippen molar-refractivity contribution in [2.24, 2.45) is 5.92 Å². The van der Waals surface area contributed by atoms with Crippen LogP contribution >= 0.6 is 11.6 Å². The summed E-state index contributed by atoms with van der Waals surface area (Å²) < 4.78 is 6.31. The topological polar surface area (TPSA) is 12.5 Å². The Labute approximate surface area is 143 Å². The van der Waals surface area contributed by atoms with Crippen molar-refractivity contribution < 1.29 is 4.74 Å². The van der Waals surface area contributed by atoms with E-state index in [-0.39, 0.29) is 6.10 Å². The Hall–Kier alpha value is -1.51. The smallest absolute Gasteiger partial charge is 0.121 e. The Morgan fingerprint density at radius 2 is 1.91 bits per heavy atom. The molecule has 4 rings (SSSR count). The number of halogens is 1. The van der Waals surface area contributed by atoms with Gasteiger partial charge in [-0.15, -0.1) is 0 Å². The SMILES string of the molecule is Clc1cccc(O[C@H]2CN(Cc3ccccc3)[C@@H]3CC[C@H]2C3)c1. The van der Waals surface area contributed by atoms with Crippen molar-refractivity contribution in [3.05, 3.63) is 65.2 Å². The first-order valence-electron chi connectivity index (χ1n) is 8.48. The van der Waals surface area contributed by atoms with Crippen molar-refractivity contribution in [3.8, 4) is 5.75 Å². The van der Waals surface area contributed by atoms with E-state index in [1.807, 2.05) is 24.3 Å². The minimum Gasteiger partial charge on any atom is -0.489 e.